The van der Waals surface area contributed by atoms with Gasteiger partial charge in [0.1, 0.15) is 11.2 Å². The second kappa shape index (κ2) is 7.84. The van der Waals surface area contributed by atoms with Gasteiger partial charge in [0.2, 0.25) is 0 Å². The molecule has 0 spiro atoms. The fourth-order valence-electron chi connectivity index (χ4n) is 4.11. The molecular weight excluding hydrogens is 430 g/mol. The largest absolute Gasteiger partial charge is 0.456 e. The molecule has 5 heteroatoms. The molecule has 0 bridgehead atoms. The number of fused-ring (bicyclic) bond motifs is 3. The molecule has 0 amide bonds. The van der Waals surface area contributed by atoms with Crippen molar-refractivity contribution >= 4 is 33.5 Å². The van der Waals surface area contributed by atoms with Crippen LogP contribution in [0.25, 0.3) is 56.1 Å². The predicted octanol–water partition coefficient (Wildman–Crippen LogP) is 7.73. The number of hydrogen-bond acceptors (Lipinski definition) is 4. The van der Waals surface area contributed by atoms with E-state index in [9.17, 15) is 0 Å². The Morgan fingerprint density at radius 3 is 2.18 bits per heavy atom. The summed E-state index contributed by atoms with van der Waals surface area (Å²) in [6, 6.07) is 29.7. The Morgan fingerprint density at radius 2 is 1.36 bits per heavy atom. The third-order valence-electron chi connectivity index (χ3n) is 5.71. The average Bonchev–Trinajstić information content (AvgIpc) is 3.25. The predicted molar refractivity (Wildman–Crippen MR) is 133 cm³/mol. The van der Waals surface area contributed by atoms with Crippen LogP contribution in [0.1, 0.15) is 5.56 Å². The number of halogens is 1. The molecule has 0 saturated heterocycles. The van der Waals surface area contributed by atoms with Crippen molar-refractivity contribution in [1.29, 1.82) is 0 Å². The van der Waals surface area contributed by atoms with E-state index in [0.29, 0.717) is 22.5 Å². The van der Waals surface area contributed by atoms with Crippen molar-refractivity contribution in [3.63, 3.8) is 0 Å². The molecule has 4 nitrogen and oxygen atoms in total. The number of rotatable bonds is 3. The van der Waals surface area contributed by atoms with E-state index in [2.05, 4.69) is 19.1 Å². The molecule has 6 aromatic rings. The van der Waals surface area contributed by atoms with Gasteiger partial charge in [-0.2, -0.15) is 0 Å². The molecule has 0 aliphatic carbocycles. The molecule has 0 aliphatic rings. The van der Waals surface area contributed by atoms with Gasteiger partial charge in [-0.1, -0.05) is 84.4 Å². The van der Waals surface area contributed by atoms with Gasteiger partial charge in [0.15, 0.2) is 17.5 Å². The summed E-state index contributed by atoms with van der Waals surface area (Å²) in [5.74, 6) is 1.77. The number of benzene rings is 4. The monoisotopic (exact) mass is 447 g/mol. The lowest BCUT2D eigenvalue weighted by Gasteiger charge is -2.10. The number of aromatic nitrogens is 3. The fourth-order valence-corrected chi connectivity index (χ4v) is 4.30. The Hall–Kier alpha value is -4.02. The van der Waals surface area contributed by atoms with Gasteiger partial charge in [-0.25, -0.2) is 15.0 Å². The fraction of sp³-hybridized carbons (Fsp3) is 0.0357. The molecular formula is C28H18ClN3O. The SMILES string of the molecule is Cc1ccc(-c2nc(-c3ccccc3)nc(-c3cccc(Cl)c3)n2)c2c1oc1ccccc12. The van der Waals surface area contributed by atoms with Gasteiger partial charge < -0.3 is 4.42 Å². The van der Waals surface area contributed by atoms with Crippen LogP contribution in [0.3, 0.4) is 0 Å². The summed E-state index contributed by atoms with van der Waals surface area (Å²) in [6.07, 6.45) is 0. The highest BCUT2D eigenvalue weighted by atomic mass is 35.5. The molecule has 0 aliphatic heterocycles. The zero-order valence-corrected chi connectivity index (χ0v) is 18.5. The second-order valence-electron chi connectivity index (χ2n) is 7.91. The average molecular weight is 448 g/mol. The van der Waals surface area contributed by atoms with Gasteiger partial charge >= 0.3 is 0 Å². The molecule has 0 saturated carbocycles. The minimum absolute atomic E-state index is 0.572. The molecule has 33 heavy (non-hydrogen) atoms. The van der Waals surface area contributed by atoms with E-state index < -0.39 is 0 Å². The number of nitrogens with zero attached hydrogens (tertiary/aromatic N) is 3. The van der Waals surface area contributed by atoms with Crippen LogP contribution in [0.15, 0.2) is 95.4 Å². The zero-order chi connectivity index (χ0) is 22.4. The van der Waals surface area contributed by atoms with Crippen molar-refractivity contribution < 1.29 is 4.42 Å². The molecule has 0 fully saturated rings. The van der Waals surface area contributed by atoms with Crippen LogP contribution in [0.4, 0.5) is 0 Å². The lowest BCUT2D eigenvalue weighted by Crippen LogP contribution is -2.00. The quantitative estimate of drug-likeness (QED) is 0.278. The third kappa shape index (κ3) is 3.45. The molecule has 0 N–H and O–H groups in total. The summed E-state index contributed by atoms with van der Waals surface area (Å²) < 4.78 is 6.20. The van der Waals surface area contributed by atoms with Gasteiger partial charge in [0.05, 0.1) is 0 Å². The maximum atomic E-state index is 6.27. The maximum Gasteiger partial charge on any atom is 0.164 e. The number of para-hydroxylation sites is 1. The molecule has 2 heterocycles. The zero-order valence-electron chi connectivity index (χ0n) is 17.8. The van der Waals surface area contributed by atoms with E-state index in [1.807, 2.05) is 78.9 Å². The van der Waals surface area contributed by atoms with Crippen LogP contribution < -0.4 is 0 Å². The standard InChI is InChI=1S/C28H18ClN3O/c1-17-14-15-22(24-21-12-5-6-13-23(21)33-25(17)24)28-31-26(18-8-3-2-4-9-18)30-27(32-28)19-10-7-11-20(29)16-19/h2-16H,1H3. The van der Waals surface area contributed by atoms with Crippen molar-refractivity contribution in [1.82, 2.24) is 15.0 Å². The van der Waals surface area contributed by atoms with Crippen LogP contribution in [0, 0.1) is 6.92 Å². The Bertz CT molecular complexity index is 1640. The second-order valence-corrected chi connectivity index (χ2v) is 8.35. The lowest BCUT2D eigenvalue weighted by atomic mass is 10.0. The van der Waals surface area contributed by atoms with Crippen LogP contribution in [0.2, 0.25) is 5.02 Å². The summed E-state index contributed by atoms with van der Waals surface area (Å²) in [6.45, 7) is 2.05. The van der Waals surface area contributed by atoms with Gasteiger partial charge in [0, 0.05) is 32.5 Å². The topological polar surface area (TPSA) is 51.8 Å². The van der Waals surface area contributed by atoms with Gasteiger partial charge in [-0.3, -0.25) is 0 Å². The number of aryl methyl sites for hydroxylation is 1. The van der Waals surface area contributed by atoms with E-state index in [-0.39, 0.29) is 0 Å². The van der Waals surface area contributed by atoms with Crippen molar-refractivity contribution in [2.24, 2.45) is 0 Å². The smallest absolute Gasteiger partial charge is 0.164 e. The molecule has 0 radical (unpaired) electrons. The number of furan rings is 1. The first-order chi connectivity index (χ1) is 16.2. The van der Waals surface area contributed by atoms with Crippen molar-refractivity contribution in [2.45, 2.75) is 6.92 Å². The summed E-state index contributed by atoms with van der Waals surface area (Å²) in [5, 5.41) is 2.68. The molecule has 0 unspecified atom stereocenters. The minimum atomic E-state index is 0.572. The third-order valence-corrected chi connectivity index (χ3v) is 5.95. The minimum Gasteiger partial charge on any atom is -0.456 e. The van der Waals surface area contributed by atoms with Crippen LogP contribution in [-0.4, -0.2) is 15.0 Å². The van der Waals surface area contributed by atoms with Gasteiger partial charge in [-0.15, -0.1) is 0 Å². The molecule has 158 valence electrons. The van der Waals surface area contributed by atoms with E-state index >= 15 is 0 Å². The van der Waals surface area contributed by atoms with Crippen LogP contribution >= 0.6 is 11.6 Å². The first-order valence-corrected chi connectivity index (χ1v) is 11.0. The van der Waals surface area contributed by atoms with E-state index in [0.717, 1.165) is 44.2 Å². The van der Waals surface area contributed by atoms with Crippen LogP contribution in [0.5, 0.6) is 0 Å². The summed E-state index contributed by atoms with van der Waals surface area (Å²) >= 11 is 6.27. The summed E-state index contributed by atoms with van der Waals surface area (Å²) in [5.41, 5.74) is 5.42. The first-order valence-electron chi connectivity index (χ1n) is 10.7. The van der Waals surface area contributed by atoms with Crippen molar-refractivity contribution in [2.75, 3.05) is 0 Å². The Morgan fingerprint density at radius 1 is 0.667 bits per heavy atom. The normalized spacial score (nSPS) is 11.3. The highest BCUT2D eigenvalue weighted by Crippen LogP contribution is 2.38. The van der Waals surface area contributed by atoms with Gasteiger partial charge in [-0.05, 0) is 30.7 Å². The maximum absolute atomic E-state index is 6.27. The molecule has 0 atom stereocenters. The Labute approximate surface area is 195 Å². The molecule has 6 rings (SSSR count). The highest BCUT2D eigenvalue weighted by Gasteiger charge is 2.18. The summed E-state index contributed by atoms with van der Waals surface area (Å²) in [7, 11) is 0. The van der Waals surface area contributed by atoms with E-state index in [4.69, 9.17) is 31.0 Å². The summed E-state index contributed by atoms with van der Waals surface area (Å²) in [4.78, 5) is 14.6. The Kier molecular flexibility index (Phi) is 4.67. The molecule has 2 aromatic heterocycles. The van der Waals surface area contributed by atoms with E-state index in [1.165, 1.54) is 0 Å². The van der Waals surface area contributed by atoms with Gasteiger partial charge in [0.25, 0.3) is 0 Å². The number of hydrogen-bond donors (Lipinski definition) is 0. The van der Waals surface area contributed by atoms with E-state index in [1.54, 1.807) is 0 Å². The Balaban J connectivity index is 1.67. The highest BCUT2D eigenvalue weighted by molar-refractivity contribution is 6.30. The van der Waals surface area contributed by atoms with Crippen molar-refractivity contribution in [3.05, 3.63) is 102 Å². The first kappa shape index (κ1) is 19.6. The lowest BCUT2D eigenvalue weighted by molar-refractivity contribution is 0.666. The molecule has 4 aromatic carbocycles. The van der Waals surface area contributed by atoms with Crippen molar-refractivity contribution in [3.8, 4) is 34.2 Å². The van der Waals surface area contributed by atoms with Crippen LogP contribution in [-0.2, 0) is 0 Å².